The number of benzene rings is 2. The molecule has 1 N–H and O–H groups in total. The number of ether oxygens (including phenoxy) is 2. The molecule has 7 heteroatoms. The van der Waals surface area contributed by atoms with Crippen LogP contribution in [0.5, 0.6) is 11.5 Å². The SMILES string of the molecule is CCNC(=O)[C@H](C)N(Cc1ccc(OC)cc1)C(=O)COc1cc(C)c(Br)c(C)c1. The van der Waals surface area contributed by atoms with Crippen LogP contribution in [0.3, 0.4) is 0 Å². The fraction of sp³-hybridized carbons (Fsp3) is 0.391. The Balaban J connectivity index is 2.17. The van der Waals surface area contributed by atoms with Gasteiger partial charge in [-0.1, -0.05) is 28.1 Å². The zero-order valence-corrected chi connectivity index (χ0v) is 19.7. The zero-order valence-electron chi connectivity index (χ0n) is 18.1. The lowest BCUT2D eigenvalue weighted by Crippen LogP contribution is -2.49. The Morgan fingerprint density at radius 3 is 2.23 bits per heavy atom. The Labute approximate surface area is 186 Å². The smallest absolute Gasteiger partial charge is 0.261 e. The number of rotatable bonds is 9. The van der Waals surface area contributed by atoms with Crippen molar-refractivity contribution in [1.82, 2.24) is 10.2 Å². The maximum absolute atomic E-state index is 13.0. The highest BCUT2D eigenvalue weighted by Crippen LogP contribution is 2.26. The number of amides is 2. The molecular weight excluding hydrogens is 448 g/mol. The van der Waals surface area contributed by atoms with Crippen LogP contribution in [-0.4, -0.2) is 43.0 Å². The van der Waals surface area contributed by atoms with Crippen molar-refractivity contribution in [3.05, 3.63) is 57.6 Å². The molecule has 2 rings (SSSR count). The van der Waals surface area contributed by atoms with E-state index >= 15 is 0 Å². The van der Waals surface area contributed by atoms with Gasteiger partial charge >= 0.3 is 0 Å². The lowest BCUT2D eigenvalue weighted by Gasteiger charge is -2.28. The van der Waals surface area contributed by atoms with Gasteiger partial charge in [0, 0.05) is 17.6 Å². The number of hydrogen-bond donors (Lipinski definition) is 1. The minimum Gasteiger partial charge on any atom is -0.497 e. The van der Waals surface area contributed by atoms with Gasteiger partial charge in [0.2, 0.25) is 5.91 Å². The molecule has 0 aromatic heterocycles. The van der Waals surface area contributed by atoms with E-state index in [4.69, 9.17) is 9.47 Å². The lowest BCUT2D eigenvalue weighted by molar-refractivity contribution is -0.142. The Morgan fingerprint density at radius 2 is 1.70 bits per heavy atom. The molecule has 2 aromatic rings. The number of hydrogen-bond acceptors (Lipinski definition) is 4. The summed E-state index contributed by atoms with van der Waals surface area (Å²) in [6, 6.07) is 10.6. The number of nitrogens with one attached hydrogen (secondary N) is 1. The fourth-order valence-electron chi connectivity index (χ4n) is 3.05. The van der Waals surface area contributed by atoms with Crippen molar-refractivity contribution < 1.29 is 19.1 Å². The van der Waals surface area contributed by atoms with Gasteiger partial charge in [0.25, 0.3) is 5.91 Å². The minimum atomic E-state index is -0.628. The third kappa shape index (κ3) is 6.23. The molecule has 162 valence electrons. The van der Waals surface area contributed by atoms with Crippen molar-refractivity contribution in [2.24, 2.45) is 0 Å². The second-order valence-electron chi connectivity index (χ2n) is 7.10. The van der Waals surface area contributed by atoms with E-state index in [1.165, 1.54) is 4.90 Å². The van der Waals surface area contributed by atoms with Crippen molar-refractivity contribution in [3.63, 3.8) is 0 Å². The molecule has 0 heterocycles. The van der Waals surface area contributed by atoms with Crippen molar-refractivity contribution in [1.29, 1.82) is 0 Å². The van der Waals surface area contributed by atoms with Crippen molar-refractivity contribution in [3.8, 4) is 11.5 Å². The first kappa shape index (κ1) is 23.7. The summed E-state index contributed by atoms with van der Waals surface area (Å²) in [5, 5.41) is 2.78. The highest BCUT2D eigenvalue weighted by Gasteiger charge is 2.26. The third-order valence-corrected chi connectivity index (χ3v) is 6.05. The highest BCUT2D eigenvalue weighted by molar-refractivity contribution is 9.10. The monoisotopic (exact) mass is 476 g/mol. The second-order valence-corrected chi connectivity index (χ2v) is 7.89. The van der Waals surface area contributed by atoms with Gasteiger partial charge in [0.15, 0.2) is 6.61 Å². The van der Waals surface area contributed by atoms with Crippen LogP contribution in [0.15, 0.2) is 40.9 Å². The molecule has 0 saturated heterocycles. The van der Waals surface area contributed by atoms with Crippen molar-refractivity contribution >= 4 is 27.7 Å². The second kappa shape index (κ2) is 11.0. The van der Waals surface area contributed by atoms with E-state index in [1.807, 2.05) is 57.2 Å². The Bertz CT molecular complexity index is 860. The van der Waals surface area contributed by atoms with E-state index in [0.29, 0.717) is 18.8 Å². The van der Waals surface area contributed by atoms with E-state index in [9.17, 15) is 9.59 Å². The number of nitrogens with zero attached hydrogens (tertiary/aromatic N) is 1. The highest BCUT2D eigenvalue weighted by atomic mass is 79.9. The van der Waals surface area contributed by atoms with Gasteiger partial charge in [-0.3, -0.25) is 9.59 Å². The summed E-state index contributed by atoms with van der Waals surface area (Å²) in [5.41, 5.74) is 2.96. The van der Waals surface area contributed by atoms with Crippen LogP contribution in [-0.2, 0) is 16.1 Å². The molecule has 0 aliphatic carbocycles. The number of likely N-dealkylation sites (N-methyl/N-ethyl adjacent to an activating group) is 1. The van der Waals surface area contributed by atoms with E-state index in [1.54, 1.807) is 14.0 Å². The standard InChI is InChI=1S/C23H29BrN2O4/c1-6-25-23(28)17(4)26(13-18-7-9-19(29-5)10-8-18)21(27)14-30-20-11-15(2)22(24)16(3)12-20/h7-12,17H,6,13-14H2,1-5H3,(H,25,28)/t17-/m0/s1. The summed E-state index contributed by atoms with van der Waals surface area (Å²) < 4.78 is 12.0. The predicted molar refractivity (Wildman–Crippen MR) is 121 cm³/mol. The van der Waals surface area contributed by atoms with Crippen LogP contribution in [0.1, 0.15) is 30.5 Å². The molecule has 30 heavy (non-hydrogen) atoms. The van der Waals surface area contributed by atoms with Gasteiger partial charge < -0.3 is 19.7 Å². The Hall–Kier alpha value is -2.54. The number of aryl methyl sites for hydroxylation is 2. The topological polar surface area (TPSA) is 67.9 Å². The molecule has 0 unspecified atom stereocenters. The maximum Gasteiger partial charge on any atom is 0.261 e. The molecule has 2 amide bonds. The van der Waals surface area contributed by atoms with E-state index in [0.717, 1.165) is 26.9 Å². The van der Waals surface area contributed by atoms with Crippen molar-refractivity contribution in [2.45, 2.75) is 40.3 Å². The van der Waals surface area contributed by atoms with E-state index in [-0.39, 0.29) is 18.4 Å². The molecule has 0 bridgehead atoms. The first-order valence-electron chi connectivity index (χ1n) is 9.86. The molecule has 0 saturated carbocycles. The van der Waals surface area contributed by atoms with Gasteiger partial charge in [-0.05, 0) is 68.7 Å². The molecular formula is C23H29BrN2O4. The summed E-state index contributed by atoms with van der Waals surface area (Å²) >= 11 is 3.53. The number of methoxy groups -OCH3 is 1. The summed E-state index contributed by atoms with van der Waals surface area (Å²) in [6.45, 7) is 8.16. The van der Waals surface area contributed by atoms with Crippen molar-refractivity contribution in [2.75, 3.05) is 20.3 Å². The van der Waals surface area contributed by atoms with Crippen LogP contribution in [0.4, 0.5) is 0 Å². The van der Waals surface area contributed by atoms with Crippen LogP contribution in [0, 0.1) is 13.8 Å². The predicted octanol–water partition coefficient (Wildman–Crippen LogP) is 4.01. The molecule has 6 nitrogen and oxygen atoms in total. The summed E-state index contributed by atoms with van der Waals surface area (Å²) in [6.07, 6.45) is 0. The average molecular weight is 477 g/mol. The van der Waals surface area contributed by atoms with Gasteiger partial charge in [-0.2, -0.15) is 0 Å². The van der Waals surface area contributed by atoms with Gasteiger partial charge in [-0.25, -0.2) is 0 Å². The minimum absolute atomic E-state index is 0.152. The lowest BCUT2D eigenvalue weighted by atomic mass is 10.1. The number of halogens is 1. The van der Waals surface area contributed by atoms with Crippen LogP contribution < -0.4 is 14.8 Å². The fourth-order valence-corrected chi connectivity index (χ4v) is 3.28. The number of carbonyl (C=O) groups is 2. The van der Waals surface area contributed by atoms with E-state index in [2.05, 4.69) is 21.2 Å². The molecule has 0 fully saturated rings. The third-order valence-electron chi connectivity index (χ3n) is 4.80. The first-order chi connectivity index (χ1) is 14.3. The van der Waals surface area contributed by atoms with Gasteiger partial charge in [-0.15, -0.1) is 0 Å². The first-order valence-corrected chi connectivity index (χ1v) is 10.7. The van der Waals surface area contributed by atoms with Gasteiger partial charge in [0.1, 0.15) is 17.5 Å². The quantitative estimate of drug-likeness (QED) is 0.593. The van der Waals surface area contributed by atoms with Gasteiger partial charge in [0.05, 0.1) is 7.11 Å². The average Bonchev–Trinajstić information content (AvgIpc) is 2.74. The molecule has 0 radical (unpaired) electrons. The largest absolute Gasteiger partial charge is 0.497 e. The van der Waals surface area contributed by atoms with E-state index < -0.39 is 6.04 Å². The summed E-state index contributed by atoms with van der Waals surface area (Å²) in [7, 11) is 1.60. The van der Waals surface area contributed by atoms with Crippen LogP contribution >= 0.6 is 15.9 Å². The zero-order chi connectivity index (χ0) is 22.3. The molecule has 1 atom stereocenters. The normalized spacial score (nSPS) is 11.5. The van der Waals surface area contributed by atoms with Crippen LogP contribution in [0.2, 0.25) is 0 Å². The Kier molecular flexibility index (Phi) is 8.72. The molecule has 0 spiro atoms. The Morgan fingerprint density at radius 1 is 1.10 bits per heavy atom. The molecule has 0 aliphatic heterocycles. The molecule has 2 aromatic carbocycles. The van der Waals surface area contributed by atoms with Crippen LogP contribution in [0.25, 0.3) is 0 Å². The number of carbonyl (C=O) groups excluding carboxylic acids is 2. The summed E-state index contributed by atoms with van der Waals surface area (Å²) in [4.78, 5) is 27.0. The summed E-state index contributed by atoms with van der Waals surface area (Å²) in [5.74, 6) is 0.895. The molecule has 0 aliphatic rings. The maximum atomic E-state index is 13.0.